The smallest absolute Gasteiger partial charge is 0.244 e. The summed E-state index contributed by atoms with van der Waals surface area (Å²) in [5.74, 6) is 0.288. The van der Waals surface area contributed by atoms with Crippen LogP contribution in [0.25, 0.3) is 0 Å². The van der Waals surface area contributed by atoms with Gasteiger partial charge in [0.15, 0.2) is 0 Å². The normalized spacial score (nSPS) is 11.4. The van der Waals surface area contributed by atoms with Crippen LogP contribution < -0.4 is 15.2 Å². The molecule has 0 aliphatic heterocycles. The number of rotatable bonds is 3. The third-order valence-electron chi connectivity index (χ3n) is 2.11. The largest absolute Gasteiger partial charge is 0.495 e. The second-order valence-electron chi connectivity index (χ2n) is 3.07. The van der Waals surface area contributed by atoms with E-state index in [1.165, 1.54) is 20.2 Å². The van der Waals surface area contributed by atoms with E-state index in [-0.39, 0.29) is 10.6 Å². The van der Waals surface area contributed by atoms with Crippen LogP contribution in [0.2, 0.25) is 0 Å². The molecule has 1 aromatic carbocycles. The van der Waals surface area contributed by atoms with Gasteiger partial charge in [-0.2, -0.15) is 0 Å². The minimum absolute atomic E-state index is 0.0515. The van der Waals surface area contributed by atoms with Crippen molar-refractivity contribution in [3.05, 3.63) is 17.7 Å². The van der Waals surface area contributed by atoms with E-state index in [0.717, 1.165) is 5.56 Å². The summed E-state index contributed by atoms with van der Waals surface area (Å²) in [6.07, 6.45) is 0. The standard InChI is InChI=1S/C9H14N2O3S/c1-6-4-8(14-3)9(5-7(6)10)15(12,13)11-2/h4-5,11H,10H2,1-3H3. The van der Waals surface area contributed by atoms with E-state index in [9.17, 15) is 8.42 Å². The van der Waals surface area contributed by atoms with Crippen molar-refractivity contribution < 1.29 is 13.2 Å². The molecule has 0 atom stereocenters. The van der Waals surface area contributed by atoms with E-state index in [4.69, 9.17) is 10.5 Å². The molecule has 0 amide bonds. The Morgan fingerprint density at radius 2 is 2.00 bits per heavy atom. The van der Waals surface area contributed by atoms with Gasteiger partial charge in [-0.3, -0.25) is 0 Å². The molecule has 0 aliphatic carbocycles. The van der Waals surface area contributed by atoms with Crippen LogP contribution in [0.3, 0.4) is 0 Å². The van der Waals surface area contributed by atoms with Crippen LogP contribution in [-0.4, -0.2) is 22.6 Å². The molecule has 0 fully saturated rings. The topological polar surface area (TPSA) is 81.4 Å². The second kappa shape index (κ2) is 4.08. The van der Waals surface area contributed by atoms with Crippen molar-refractivity contribution in [2.24, 2.45) is 0 Å². The van der Waals surface area contributed by atoms with Gasteiger partial charge in [0.25, 0.3) is 0 Å². The minimum Gasteiger partial charge on any atom is -0.495 e. The van der Waals surface area contributed by atoms with Crippen molar-refractivity contribution in [2.45, 2.75) is 11.8 Å². The van der Waals surface area contributed by atoms with Crippen LogP contribution in [0, 0.1) is 6.92 Å². The zero-order valence-electron chi connectivity index (χ0n) is 8.87. The molecule has 0 heterocycles. The maximum atomic E-state index is 11.6. The van der Waals surface area contributed by atoms with Crippen LogP contribution >= 0.6 is 0 Å². The van der Waals surface area contributed by atoms with E-state index in [1.54, 1.807) is 13.0 Å². The highest BCUT2D eigenvalue weighted by atomic mass is 32.2. The van der Waals surface area contributed by atoms with E-state index >= 15 is 0 Å². The van der Waals surface area contributed by atoms with Crippen LogP contribution in [0.4, 0.5) is 5.69 Å². The lowest BCUT2D eigenvalue weighted by atomic mass is 10.2. The van der Waals surface area contributed by atoms with Crippen molar-refractivity contribution in [3.63, 3.8) is 0 Å². The fourth-order valence-corrected chi connectivity index (χ4v) is 2.07. The summed E-state index contributed by atoms with van der Waals surface area (Å²) < 4.78 is 30.4. The highest BCUT2D eigenvalue weighted by Crippen LogP contribution is 2.28. The molecule has 0 aliphatic rings. The molecule has 0 aromatic heterocycles. The van der Waals surface area contributed by atoms with Crippen molar-refractivity contribution in [2.75, 3.05) is 19.9 Å². The number of hydrogen-bond donors (Lipinski definition) is 2. The van der Waals surface area contributed by atoms with Crippen molar-refractivity contribution in [1.29, 1.82) is 0 Å². The minimum atomic E-state index is -3.54. The van der Waals surface area contributed by atoms with E-state index in [1.807, 2.05) is 0 Å². The summed E-state index contributed by atoms with van der Waals surface area (Å²) in [5.41, 5.74) is 6.85. The lowest BCUT2D eigenvalue weighted by Gasteiger charge is -2.11. The molecule has 0 bridgehead atoms. The van der Waals surface area contributed by atoms with Gasteiger partial charge >= 0.3 is 0 Å². The summed E-state index contributed by atoms with van der Waals surface area (Å²) in [6, 6.07) is 2.99. The summed E-state index contributed by atoms with van der Waals surface area (Å²) in [4.78, 5) is 0.0515. The van der Waals surface area contributed by atoms with Crippen molar-refractivity contribution >= 4 is 15.7 Å². The fraction of sp³-hybridized carbons (Fsp3) is 0.333. The van der Waals surface area contributed by atoms with Gasteiger partial charge in [0.1, 0.15) is 10.6 Å². The number of anilines is 1. The fourth-order valence-electron chi connectivity index (χ4n) is 1.16. The molecule has 0 radical (unpaired) electrons. The van der Waals surface area contributed by atoms with E-state index < -0.39 is 10.0 Å². The highest BCUT2D eigenvalue weighted by Gasteiger charge is 2.18. The summed E-state index contributed by atoms with van der Waals surface area (Å²) in [5, 5.41) is 0. The average Bonchev–Trinajstić information content (AvgIpc) is 2.21. The first kappa shape index (κ1) is 11.8. The van der Waals surface area contributed by atoms with Gasteiger partial charge in [-0.25, -0.2) is 13.1 Å². The third kappa shape index (κ3) is 2.21. The molecule has 6 heteroatoms. The summed E-state index contributed by atoms with van der Waals surface area (Å²) in [7, 11) is -0.781. The number of methoxy groups -OCH3 is 1. The molecule has 0 unspecified atom stereocenters. The Hall–Kier alpha value is -1.27. The third-order valence-corrected chi connectivity index (χ3v) is 3.55. The van der Waals surface area contributed by atoms with E-state index in [0.29, 0.717) is 5.69 Å². The zero-order valence-corrected chi connectivity index (χ0v) is 9.68. The predicted molar refractivity (Wildman–Crippen MR) is 58.4 cm³/mol. The van der Waals surface area contributed by atoms with Gasteiger partial charge < -0.3 is 10.5 Å². The predicted octanol–water partition coefficient (Wildman–Crippen LogP) is 0.494. The lowest BCUT2D eigenvalue weighted by Crippen LogP contribution is -2.19. The number of sulfonamides is 1. The number of ether oxygens (including phenoxy) is 1. The Morgan fingerprint density at radius 1 is 1.40 bits per heavy atom. The summed E-state index contributed by atoms with van der Waals surface area (Å²) in [6.45, 7) is 1.79. The Bertz CT molecular complexity index is 468. The first-order valence-electron chi connectivity index (χ1n) is 4.30. The van der Waals surface area contributed by atoms with E-state index in [2.05, 4.69) is 4.72 Å². The summed E-state index contributed by atoms with van der Waals surface area (Å²) >= 11 is 0. The van der Waals surface area contributed by atoms with Gasteiger partial charge in [0.05, 0.1) is 7.11 Å². The monoisotopic (exact) mass is 230 g/mol. The SMILES string of the molecule is CNS(=O)(=O)c1cc(N)c(C)cc1OC. The van der Waals surface area contributed by atoms with Crippen LogP contribution in [0.15, 0.2) is 17.0 Å². The lowest BCUT2D eigenvalue weighted by molar-refractivity contribution is 0.402. The molecular weight excluding hydrogens is 216 g/mol. The van der Waals surface area contributed by atoms with Gasteiger partial charge in [0, 0.05) is 5.69 Å². The maximum absolute atomic E-state index is 11.6. The van der Waals surface area contributed by atoms with Gasteiger partial charge in [0.2, 0.25) is 10.0 Å². The molecule has 1 aromatic rings. The molecule has 0 saturated heterocycles. The number of nitrogen functional groups attached to an aromatic ring is 1. The average molecular weight is 230 g/mol. The number of nitrogens with one attached hydrogen (secondary N) is 1. The van der Waals surface area contributed by atoms with Crippen molar-refractivity contribution in [1.82, 2.24) is 4.72 Å². The van der Waals surface area contributed by atoms with Crippen LogP contribution in [0.5, 0.6) is 5.75 Å². The zero-order chi connectivity index (χ0) is 11.6. The number of nitrogens with two attached hydrogens (primary N) is 1. The Morgan fingerprint density at radius 3 is 2.47 bits per heavy atom. The molecule has 5 nitrogen and oxygen atoms in total. The Labute approximate surface area is 89.3 Å². The van der Waals surface area contributed by atoms with Gasteiger partial charge in [-0.15, -0.1) is 0 Å². The number of aryl methyl sites for hydroxylation is 1. The molecule has 0 saturated carbocycles. The molecule has 0 spiro atoms. The molecule has 84 valence electrons. The Balaban J connectivity index is 3.48. The van der Waals surface area contributed by atoms with Gasteiger partial charge in [-0.1, -0.05) is 0 Å². The quantitative estimate of drug-likeness (QED) is 0.741. The van der Waals surface area contributed by atoms with Crippen LogP contribution in [0.1, 0.15) is 5.56 Å². The first-order valence-corrected chi connectivity index (χ1v) is 5.78. The highest BCUT2D eigenvalue weighted by molar-refractivity contribution is 7.89. The Kier molecular flexibility index (Phi) is 3.21. The molecule has 1 rings (SSSR count). The molecular formula is C9H14N2O3S. The van der Waals surface area contributed by atoms with Crippen LogP contribution in [-0.2, 0) is 10.0 Å². The number of hydrogen-bond acceptors (Lipinski definition) is 4. The second-order valence-corrected chi connectivity index (χ2v) is 4.92. The molecule has 15 heavy (non-hydrogen) atoms. The number of benzene rings is 1. The molecule has 3 N–H and O–H groups in total. The van der Waals surface area contributed by atoms with Gasteiger partial charge in [-0.05, 0) is 31.7 Å². The maximum Gasteiger partial charge on any atom is 0.244 e. The first-order chi connectivity index (χ1) is 6.92. The van der Waals surface area contributed by atoms with Crippen molar-refractivity contribution in [3.8, 4) is 5.75 Å².